The van der Waals surface area contributed by atoms with Gasteiger partial charge in [0.15, 0.2) is 0 Å². The standard InChI is InChI=1S/C12H23NO3S/c1-12(11(14)16-3,13-10-5-6-10)9-17-8-4-7-15-2/h10,13H,4-9H2,1-3H3. The maximum Gasteiger partial charge on any atom is 0.326 e. The maximum atomic E-state index is 11.8. The Balaban J connectivity index is 2.31. The summed E-state index contributed by atoms with van der Waals surface area (Å²) in [6, 6.07) is 0.499. The lowest BCUT2D eigenvalue weighted by atomic mass is 10.1. The molecule has 5 heteroatoms. The minimum Gasteiger partial charge on any atom is -0.468 e. The van der Waals surface area contributed by atoms with E-state index in [1.807, 2.05) is 6.92 Å². The van der Waals surface area contributed by atoms with Gasteiger partial charge in [-0.1, -0.05) is 0 Å². The summed E-state index contributed by atoms with van der Waals surface area (Å²) in [6.45, 7) is 2.71. The molecule has 1 N–H and O–H groups in total. The van der Waals surface area contributed by atoms with Crippen molar-refractivity contribution in [2.75, 3.05) is 32.3 Å². The number of carbonyl (C=O) groups is 1. The van der Waals surface area contributed by atoms with Crippen LogP contribution in [0, 0.1) is 0 Å². The molecule has 1 fully saturated rings. The number of carbonyl (C=O) groups excluding carboxylic acids is 1. The van der Waals surface area contributed by atoms with Crippen molar-refractivity contribution < 1.29 is 14.3 Å². The minimum atomic E-state index is -0.548. The first-order valence-electron chi connectivity index (χ1n) is 6.05. The first-order chi connectivity index (χ1) is 8.12. The lowest BCUT2D eigenvalue weighted by Crippen LogP contribution is -2.53. The normalized spacial score (nSPS) is 18.8. The number of hydrogen-bond acceptors (Lipinski definition) is 5. The van der Waals surface area contributed by atoms with Crippen molar-refractivity contribution in [2.24, 2.45) is 0 Å². The summed E-state index contributed by atoms with van der Waals surface area (Å²) < 4.78 is 9.88. The molecule has 0 aromatic rings. The van der Waals surface area contributed by atoms with Crippen molar-refractivity contribution in [3.8, 4) is 0 Å². The van der Waals surface area contributed by atoms with Gasteiger partial charge in [0.1, 0.15) is 5.54 Å². The van der Waals surface area contributed by atoms with Gasteiger partial charge in [-0.2, -0.15) is 11.8 Å². The van der Waals surface area contributed by atoms with Gasteiger partial charge in [-0.05, 0) is 31.9 Å². The predicted octanol–water partition coefficient (Wildman–Crippen LogP) is 1.44. The topological polar surface area (TPSA) is 47.6 Å². The number of nitrogens with one attached hydrogen (secondary N) is 1. The molecule has 100 valence electrons. The Bertz CT molecular complexity index is 246. The number of rotatable bonds is 9. The van der Waals surface area contributed by atoms with Crippen molar-refractivity contribution >= 4 is 17.7 Å². The summed E-state index contributed by atoms with van der Waals surface area (Å²) in [5.74, 6) is 1.59. The third kappa shape index (κ3) is 5.27. The third-order valence-corrected chi connectivity index (χ3v) is 4.12. The van der Waals surface area contributed by atoms with Crippen LogP contribution in [-0.4, -0.2) is 49.9 Å². The monoisotopic (exact) mass is 261 g/mol. The van der Waals surface area contributed by atoms with Gasteiger partial charge in [-0.25, -0.2) is 0 Å². The molecule has 0 heterocycles. The summed E-state index contributed by atoms with van der Waals surface area (Å²) >= 11 is 1.77. The van der Waals surface area contributed by atoms with Gasteiger partial charge in [-0.15, -0.1) is 0 Å². The van der Waals surface area contributed by atoms with Crippen LogP contribution >= 0.6 is 11.8 Å². The van der Waals surface area contributed by atoms with Gasteiger partial charge in [0.2, 0.25) is 0 Å². The van der Waals surface area contributed by atoms with Gasteiger partial charge >= 0.3 is 5.97 Å². The molecule has 0 amide bonds. The Morgan fingerprint density at radius 1 is 1.47 bits per heavy atom. The smallest absolute Gasteiger partial charge is 0.326 e. The summed E-state index contributed by atoms with van der Waals surface area (Å²) in [6.07, 6.45) is 3.35. The molecule has 17 heavy (non-hydrogen) atoms. The predicted molar refractivity (Wildman–Crippen MR) is 70.4 cm³/mol. The Morgan fingerprint density at radius 3 is 2.71 bits per heavy atom. The molecule has 0 bridgehead atoms. The summed E-state index contributed by atoms with van der Waals surface area (Å²) in [5.41, 5.74) is -0.548. The van der Waals surface area contributed by atoms with Crippen molar-refractivity contribution in [3.63, 3.8) is 0 Å². The van der Waals surface area contributed by atoms with Crippen LogP contribution in [0.4, 0.5) is 0 Å². The molecule has 0 saturated heterocycles. The molecule has 1 atom stereocenters. The first-order valence-corrected chi connectivity index (χ1v) is 7.20. The van der Waals surface area contributed by atoms with E-state index in [0.717, 1.165) is 24.5 Å². The lowest BCUT2D eigenvalue weighted by molar-refractivity contribution is -0.146. The Labute approximate surface area is 108 Å². The van der Waals surface area contributed by atoms with Crippen LogP contribution in [0.25, 0.3) is 0 Å². The van der Waals surface area contributed by atoms with E-state index in [1.54, 1.807) is 18.9 Å². The lowest BCUT2D eigenvalue weighted by Gasteiger charge is -2.27. The van der Waals surface area contributed by atoms with Crippen molar-refractivity contribution in [1.29, 1.82) is 0 Å². The van der Waals surface area contributed by atoms with Gasteiger partial charge in [0.05, 0.1) is 7.11 Å². The zero-order valence-corrected chi connectivity index (χ0v) is 11.8. The van der Waals surface area contributed by atoms with E-state index in [0.29, 0.717) is 6.04 Å². The van der Waals surface area contributed by atoms with Crippen LogP contribution < -0.4 is 5.32 Å². The summed E-state index contributed by atoms with van der Waals surface area (Å²) in [5, 5.41) is 3.38. The van der Waals surface area contributed by atoms with E-state index >= 15 is 0 Å². The highest BCUT2D eigenvalue weighted by Gasteiger charge is 2.39. The zero-order chi connectivity index (χ0) is 12.7. The average Bonchev–Trinajstić information content (AvgIpc) is 3.11. The second-order valence-corrected chi connectivity index (χ2v) is 5.75. The molecular weight excluding hydrogens is 238 g/mol. The molecule has 4 nitrogen and oxygen atoms in total. The van der Waals surface area contributed by atoms with Gasteiger partial charge in [0.25, 0.3) is 0 Å². The van der Waals surface area contributed by atoms with Crippen molar-refractivity contribution in [2.45, 2.75) is 37.8 Å². The largest absolute Gasteiger partial charge is 0.468 e. The van der Waals surface area contributed by atoms with E-state index in [1.165, 1.54) is 20.0 Å². The Morgan fingerprint density at radius 2 is 2.18 bits per heavy atom. The SMILES string of the molecule is COCCCSCC(C)(NC1CC1)C(=O)OC. The van der Waals surface area contributed by atoms with Gasteiger partial charge in [-0.3, -0.25) is 10.1 Å². The van der Waals surface area contributed by atoms with E-state index in [9.17, 15) is 4.79 Å². The van der Waals surface area contributed by atoms with E-state index < -0.39 is 5.54 Å². The number of methoxy groups -OCH3 is 2. The molecule has 1 rings (SSSR count). The highest BCUT2D eigenvalue weighted by atomic mass is 32.2. The molecule has 0 aromatic carbocycles. The Kier molecular flexibility index (Phi) is 6.30. The first kappa shape index (κ1) is 14.8. The highest BCUT2D eigenvalue weighted by Crippen LogP contribution is 2.25. The molecule has 0 aliphatic heterocycles. The van der Waals surface area contributed by atoms with E-state index in [-0.39, 0.29) is 5.97 Å². The molecule has 1 saturated carbocycles. The summed E-state index contributed by atoms with van der Waals surface area (Å²) in [4.78, 5) is 11.8. The fraction of sp³-hybridized carbons (Fsp3) is 0.917. The fourth-order valence-corrected chi connectivity index (χ4v) is 2.72. The molecular formula is C12H23NO3S. The van der Waals surface area contributed by atoms with Gasteiger partial charge < -0.3 is 9.47 Å². The van der Waals surface area contributed by atoms with Crippen LogP contribution in [0.1, 0.15) is 26.2 Å². The second-order valence-electron chi connectivity index (χ2n) is 4.64. The Hall–Kier alpha value is -0.260. The molecule has 1 aliphatic carbocycles. The minimum absolute atomic E-state index is 0.163. The molecule has 0 radical (unpaired) electrons. The zero-order valence-electron chi connectivity index (χ0n) is 11.0. The number of ether oxygens (including phenoxy) is 2. The quantitative estimate of drug-likeness (QED) is 0.503. The van der Waals surface area contributed by atoms with Crippen LogP contribution in [0.2, 0.25) is 0 Å². The number of hydrogen-bond donors (Lipinski definition) is 1. The summed E-state index contributed by atoms with van der Waals surface area (Å²) in [7, 11) is 3.16. The van der Waals surface area contributed by atoms with Crippen LogP contribution in [0.3, 0.4) is 0 Å². The number of thioether (sulfide) groups is 1. The van der Waals surface area contributed by atoms with E-state index in [4.69, 9.17) is 9.47 Å². The third-order valence-electron chi connectivity index (χ3n) is 2.76. The van der Waals surface area contributed by atoms with E-state index in [2.05, 4.69) is 5.32 Å². The van der Waals surface area contributed by atoms with Crippen molar-refractivity contribution in [1.82, 2.24) is 5.32 Å². The van der Waals surface area contributed by atoms with Crippen LogP contribution in [0.5, 0.6) is 0 Å². The molecule has 0 spiro atoms. The van der Waals surface area contributed by atoms with Gasteiger partial charge in [0, 0.05) is 25.5 Å². The fourth-order valence-electron chi connectivity index (χ4n) is 1.64. The number of esters is 1. The van der Waals surface area contributed by atoms with Crippen LogP contribution in [-0.2, 0) is 14.3 Å². The second kappa shape index (κ2) is 7.24. The van der Waals surface area contributed by atoms with Crippen molar-refractivity contribution in [3.05, 3.63) is 0 Å². The average molecular weight is 261 g/mol. The molecule has 1 aliphatic rings. The molecule has 1 unspecified atom stereocenters. The molecule has 0 aromatic heterocycles. The highest BCUT2D eigenvalue weighted by molar-refractivity contribution is 7.99. The maximum absolute atomic E-state index is 11.8. The van der Waals surface area contributed by atoms with Crippen LogP contribution in [0.15, 0.2) is 0 Å².